The second-order valence-electron chi connectivity index (χ2n) is 4.53. The number of carbonyl (C=O) groups is 3. The Kier molecular flexibility index (Phi) is 4.97. The van der Waals surface area contributed by atoms with Crippen molar-refractivity contribution in [2.24, 2.45) is 5.10 Å². The van der Waals surface area contributed by atoms with Gasteiger partial charge in [0.25, 0.3) is 11.6 Å². The van der Waals surface area contributed by atoms with Gasteiger partial charge < -0.3 is 10.1 Å². The molecule has 23 heavy (non-hydrogen) atoms. The molecule has 0 atom stereocenters. The maximum atomic E-state index is 11.7. The molecule has 0 fully saturated rings. The van der Waals surface area contributed by atoms with Gasteiger partial charge in [-0.05, 0) is 6.07 Å². The molecule has 1 aromatic rings. The van der Waals surface area contributed by atoms with Crippen molar-refractivity contribution >= 4 is 34.9 Å². The Morgan fingerprint density at radius 1 is 1.39 bits per heavy atom. The van der Waals surface area contributed by atoms with E-state index in [4.69, 9.17) is 4.74 Å². The number of esters is 1. The first-order valence-electron chi connectivity index (χ1n) is 6.52. The molecular weight excluding hydrogens is 308 g/mol. The van der Waals surface area contributed by atoms with E-state index in [0.717, 1.165) is 0 Å². The van der Waals surface area contributed by atoms with Gasteiger partial charge in [-0.2, -0.15) is 5.10 Å². The number of hydrogen-bond donors (Lipinski definition) is 2. The predicted molar refractivity (Wildman–Crippen MR) is 77.5 cm³/mol. The van der Waals surface area contributed by atoms with E-state index in [1.807, 2.05) is 0 Å². The predicted octanol–water partition coefficient (Wildman–Crippen LogP) is 0.342. The minimum atomic E-state index is -0.806. The monoisotopic (exact) mass is 320 g/mol. The van der Waals surface area contributed by atoms with Crippen LogP contribution in [0, 0.1) is 10.1 Å². The highest BCUT2D eigenvalue weighted by Crippen LogP contribution is 2.16. The molecule has 2 rings (SSSR count). The number of nitrogens with zero attached hydrogens (tertiary/aromatic N) is 2. The third-order valence-electron chi connectivity index (χ3n) is 2.82. The number of anilines is 1. The zero-order chi connectivity index (χ0) is 16.8. The number of nitrogens with one attached hydrogen (secondary N) is 2. The topological polar surface area (TPSA) is 140 Å². The quantitative estimate of drug-likeness (QED) is 0.455. The molecular formula is C13H12N4O6. The van der Waals surface area contributed by atoms with Crippen LogP contribution in [0.15, 0.2) is 29.4 Å². The third kappa shape index (κ3) is 4.59. The zero-order valence-corrected chi connectivity index (χ0v) is 11.8. The lowest BCUT2D eigenvalue weighted by Crippen LogP contribution is -2.32. The second kappa shape index (κ2) is 7.11. The van der Waals surface area contributed by atoms with E-state index in [9.17, 15) is 24.5 Å². The lowest BCUT2D eigenvalue weighted by molar-refractivity contribution is -0.384. The highest BCUT2D eigenvalue weighted by Gasteiger charge is 2.20. The molecule has 1 aliphatic heterocycles. The number of carbonyl (C=O) groups excluding carboxylic acids is 3. The molecule has 1 aromatic carbocycles. The van der Waals surface area contributed by atoms with Crippen molar-refractivity contribution in [2.75, 3.05) is 11.9 Å². The van der Waals surface area contributed by atoms with E-state index in [0.29, 0.717) is 0 Å². The van der Waals surface area contributed by atoms with Gasteiger partial charge in [0.1, 0.15) is 5.71 Å². The van der Waals surface area contributed by atoms with Crippen LogP contribution in [0.5, 0.6) is 0 Å². The maximum Gasteiger partial charge on any atom is 0.355 e. The molecule has 0 spiro atoms. The van der Waals surface area contributed by atoms with E-state index in [1.54, 1.807) is 0 Å². The number of nitro groups is 1. The van der Waals surface area contributed by atoms with Crippen molar-refractivity contribution in [2.45, 2.75) is 12.8 Å². The van der Waals surface area contributed by atoms with E-state index >= 15 is 0 Å². The summed E-state index contributed by atoms with van der Waals surface area (Å²) in [6, 6.07) is 5.35. The van der Waals surface area contributed by atoms with E-state index in [1.165, 1.54) is 24.3 Å². The Bertz CT molecular complexity index is 699. The fourth-order valence-corrected chi connectivity index (χ4v) is 1.73. The van der Waals surface area contributed by atoms with Crippen LogP contribution < -0.4 is 10.7 Å². The summed E-state index contributed by atoms with van der Waals surface area (Å²) < 4.78 is 4.76. The fourth-order valence-electron chi connectivity index (χ4n) is 1.73. The van der Waals surface area contributed by atoms with Crippen LogP contribution in [0.1, 0.15) is 12.8 Å². The van der Waals surface area contributed by atoms with Gasteiger partial charge in [-0.3, -0.25) is 19.7 Å². The molecule has 0 saturated carbocycles. The summed E-state index contributed by atoms with van der Waals surface area (Å²) in [5, 5.41) is 16.5. The van der Waals surface area contributed by atoms with Crippen molar-refractivity contribution in [1.29, 1.82) is 0 Å². The Hall–Kier alpha value is -3.30. The highest BCUT2D eigenvalue weighted by atomic mass is 16.6. The van der Waals surface area contributed by atoms with Gasteiger partial charge in [0, 0.05) is 30.7 Å². The SMILES string of the molecule is O=C1CCC(C(=O)OCC(=O)Nc2cccc([N+](=O)[O-])c2)=NN1. The molecule has 2 amide bonds. The van der Waals surface area contributed by atoms with Gasteiger partial charge in [-0.1, -0.05) is 6.07 Å². The van der Waals surface area contributed by atoms with Crippen molar-refractivity contribution in [1.82, 2.24) is 5.43 Å². The Morgan fingerprint density at radius 2 is 2.17 bits per heavy atom. The van der Waals surface area contributed by atoms with Crippen LogP contribution in [0.25, 0.3) is 0 Å². The number of rotatable bonds is 5. The third-order valence-corrected chi connectivity index (χ3v) is 2.82. The van der Waals surface area contributed by atoms with Gasteiger partial charge in [0.05, 0.1) is 4.92 Å². The first kappa shape index (κ1) is 16.1. The van der Waals surface area contributed by atoms with Gasteiger partial charge in [-0.15, -0.1) is 0 Å². The van der Waals surface area contributed by atoms with Gasteiger partial charge in [0.2, 0.25) is 5.91 Å². The molecule has 0 aromatic heterocycles. The first-order chi connectivity index (χ1) is 11.0. The molecule has 10 nitrogen and oxygen atoms in total. The summed E-state index contributed by atoms with van der Waals surface area (Å²) in [5.41, 5.74) is 2.20. The average Bonchev–Trinajstić information content (AvgIpc) is 2.53. The second-order valence-corrected chi connectivity index (χ2v) is 4.53. The van der Waals surface area contributed by atoms with Crippen molar-refractivity contribution in [3.63, 3.8) is 0 Å². The zero-order valence-electron chi connectivity index (χ0n) is 11.8. The fraction of sp³-hybridized carbons (Fsp3) is 0.231. The molecule has 0 radical (unpaired) electrons. The first-order valence-corrected chi connectivity index (χ1v) is 6.52. The molecule has 0 bridgehead atoms. The largest absolute Gasteiger partial charge is 0.451 e. The summed E-state index contributed by atoms with van der Waals surface area (Å²) in [5.74, 6) is -1.76. The minimum absolute atomic E-state index is 0.0211. The normalized spacial score (nSPS) is 13.6. The molecule has 120 valence electrons. The molecule has 2 N–H and O–H groups in total. The Morgan fingerprint density at radius 3 is 2.83 bits per heavy atom. The van der Waals surface area contributed by atoms with Gasteiger partial charge in [0.15, 0.2) is 6.61 Å². The van der Waals surface area contributed by atoms with Crippen molar-refractivity contribution in [3.8, 4) is 0 Å². The lowest BCUT2D eigenvalue weighted by atomic mass is 10.2. The van der Waals surface area contributed by atoms with Crippen LogP contribution in [0.3, 0.4) is 0 Å². The number of nitro benzene ring substituents is 1. The minimum Gasteiger partial charge on any atom is -0.451 e. The lowest BCUT2D eigenvalue weighted by Gasteiger charge is -2.11. The number of benzene rings is 1. The summed E-state index contributed by atoms with van der Waals surface area (Å²) in [6.07, 6.45) is 0.255. The maximum absolute atomic E-state index is 11.7. The van der Waals surface area contributed by atoms with Crippen LogP contribution in [-0.4, -0.2) is 35.0 Å². The summed E-state index contributed by atoms with van der Waals surface area (Å²) >= 11 is 0. The number of amides is 2. The van der Waals surface area contributed by atoms with Crippen LogP contribution in [0.4, 0.5) is 11.4 Å². The summed E-state index contributed by atoms with van der Waals surface area (Å²) in [7, 11) is 0. The highest BCUT2D eigenvalue weighted by molar-refractivity contribution is 6.37. The smallest absolute Gasteiger partial charge is 0.355 e. The van der Waals surface area contributed by atoms with Gasteiger partial charge >= 0.3 is 5.97 Å². The molecule has 1 heterocycles. The molecule has 0 aliphatic carbocycles. The molecule has 10 heteroatoms. The van der Waals surface area contributed by atoms with E-state index < -0.39 is 23.4 Å². The number of hydrazone groups is 1. The van der Waals surface area contributed by atoms with Crippen molar-refractivity contribution in [3.05, 3.63) is 34.4 Å². The number of hydrogen-bond acceptors (Lipinski definition) is 7. The van der Waals surface area contributed by atoms with Gasteiger partial charge in [-0.25, -0.2) is 10.2 Å². The van der Waals surface area contributed by atoms with Crippen LogP contribution in [-0.2, 0) is 19.1 Å². The van der Waals surface area contributed by atoms with E-state index in [2.05, 4.69) is 15.8 Å². The standard InChI is InChI=1S/C13H12N4O6/c18-11-5-4-10(15-16-11)13(20)23-7-12(19)14-8-2-1-3-9(6-8)17(21)22/h1-3,6H,4-5,7H2,(H,14,19)(H,16,18). The van der Waals surface area contributed by atoms with E-state index in [-0.39, 0.29) is 35.8 Å². The van der Waals surface area contributed by atoms with Crippen LogP contribution >= 0.6 is 0 Å². The molecule has 0 saturated heterocycles. The Balaban J connectivity index is 1.85. The van der Waals surface area contributed by atoms with Crippen molar-refractivity contribution < 1.29 is 24.0 Å². The summed E-state index contributed by atoms with van der Waals surface area (Å²) in [6.45, 7) is -0.575. The van der Waals surface area contributed by atoms with Crippen LogP contribution in [0.2, 0.25) is 0 Å². The molecule has 0 unspecified atom stereocenters. The Labute approximate surface area is 129 Å². The summed E-state index contributed by atoms with van der Waals surface area (Å²) in [4.78, 5) is 44.2. The number of ether oxygens (including phenoxy) is 1. The molecule has 1 aliphatic rings. The average molecular weight is 320 g/mol. The number of non-ortho nitro benzene ring substituents is 1.